The minimum Gasteiger partial charge on any atom is -0.191 e. The molecule has 2 atom stereocenters. The Morgan fingerprint density at radius 1 is 0.824 bits per heavy atom. The van der Waals surface area contributed by atoms with Crippen molar-refractivity contribution in [1.82, 2.24) is 0 Å². The van der Waals surface area contributed by atoms with Gasteiger partial charge in [-0.1, -0.05) is 0 Å². The minimum atomic E-state index is 0.543. The first-order valence-electron chi connectivity index (χ1n) is 6.28. The number of aromatic nitrogens is 2. The molecule has 1 aliphatic rings. The molecule has 17 heavy (non-hydrogen) atoms. The van der Waals surface area contributed by atoms with Gasteiger partial charge in [0.05, 0.1) is 6.42 Å². The average Bonchev–Trinajstić information content (AvgIpc) is 2.48. The summed E-state index contributed by atoms with van der Waals surface area (Å²) in [6.45, 7) is 4.60. The maximum atomic E-state index is 2.38. The van der Waals surface area contributed by atoms with E-state index in [0.29, 0.717) is 12.1 Å². The smallest absolute Gasteiger partial charge is 0.191 e. The Hall–Kier alpha value is -1.70. The summed E-state index contributed by atoms with van der Waals surface area (Å²) in [6.07, 6.45) is 5.55. The molecule has 86 valence electrons. The molecule has 0 spiro atoms. The van der Waals surface area contributed by atoms with Crippen LogP contribution in [0.3, 0.4) is 0 Å². The van der Waals surface area contributed by atoms with Crippen LogP contribution in [0.2, 0.25) is 0 Å². The molecule has 0 N–H and O–H groups in total. The van der Waals surface area contributed by atoms with E-state index in [4.69, 9.17) is 0 Å². The maximum absolute atomic E-state index is 2.38. The highest BCUT2D eigenvalue weighted by Crippen LogP contribution is 2.22. The molecule has 2 unspecified atom stereocenters. The van der Waals surface area contributed by atoms with Crippen molar-refractivity contribution in [2.45, 2.75) is 32.4 Å². The summed E-state index contributed by atoms with van der Waals surface area (Å²) >= 11 is 0. The Bertz CT molecular complexity index is 499. The largest absolute Gasteiger partial charge is 0.277 e. The quantitative estimate of drug-likeness (QED) is 0.610. The van der Waals surface area contributed by atoms with E-state index < -0.39 is 0 Å². The van der Waals surface area contributed by atoms with Gasteiger partial charge in [0.25, 0.3) is 11.4 Å². The lowest BCUT2D eigenvalue weighted by molar-refractivity contribution is -0.716. The van der Waals surface area contributed by atoms with Gasteiger partial charge < -0.3 is 0 Å². The first-order chi connectivity index (χ1) is 8.27. The third kappa shape index (κ3) is 1.64. The molecule has 2 nitrogen and oxygen atoms in total. The normalized spacial score (nSPS) is 22.5. The lowest BCUT2D eigenvalue weighted by Crippen LogP contribution is -2.39. The predicted octanol–water partition coefficient (Wildman–Crippen LogP) is 2.45. The van der Waals surface area contributed by atoms with Gasteiger partial charge in [-0.15, -0.1) is 0 Å². The molecule has 0 saturated carbocycles. The van der Waals surface area contributed by atoms with Crippen LogP contribution in [0.4, 0.5) is 0 Å². The Labute approximate surface area is 102 Å². The van der Waals surface area contributed by atoms with Crippen LogP contribution in [0, 0.1) is 0 Å². The third-order valence-electron chi connectivity index (χ3n) is 3.67. The molecule has 0 aliphatic carbocycles. The topological polar surface area (TPSA) is 7.76 Å². The highest BCUT2D eigenvalue weighted by molar-refractivity contribution is 5.46. The van der Waals surface area contributed by atoms with Crippen molar-refractivity contribution in [3.8, 4) is 11.4 Å². The second kappa shape index (κ2) is 3.95. The van der Waals surface area contributed by atoms with E-state index in [2.05, 4.69) is 71.8 Å². The van der Waals surface area contributed by atoms with Crippen molar-refractivity contribution in [2.24, 2.45) is 0 Å². The highest BCUT2D eigenvalue weighted by Gasteiger charge is 2.34. The van der Waals surface area contributed by atoms with E-state index in [-0.39, 0.29) is 0 Å². The molecule has 3 heterocycles. The fourth-order valence-electron chi connectivity index (χ4n) is 2.84. The van der Waals surface area contributed by atoms with Gasteiger partial charge >= 0.3 is 0 Å². The summed E-state index contributed by atoms with van der Waals surface area (Å²) in [5.74, 6) is 0. The Balaban J connectivity index is 2.30. The molecule has 0 fully saturated rings. The lowest BCUT2D eigenvalue weighted by atomic mass is 10.1. The van der Waals surface area contributed by atoms with Crippen LogP contribution in [0.5, 0.6) is 0 Å². The lowest BCUT2D eigenvalue weighted by Gasteiger charge is -2.06. The average molecular weight is 226 g/mol. The summed E-state index contributed by atoms with van der Waals surface area (Å²) in [4.78, 5) is 0. The van der Waals surface area contributed by atoms with Crippen molar-refractivity contribution in [1.29, 1.82) is 0 Å². The first kappa shape index (κ1) is 10.5. The van der Waals surface area contributed by atoms with Gasteiger partial charge in [0.1, 0.15) is 0 Å². The summed E-state index contributed by atoms with van der Waals surface area (Å²) in [5, 5.41) is 0. The zero-order chi connectivity index (χ0) is 11.8. The molecule has 0 radical (unpaired) electrons. The van der Waals surface area contributed by atoms with Gasteiger partial charge in [0.15, 0.2) is 24.5 Å². The number of pyridine rings is 2. The second-order valence-electron chi connectivity index (χ2n) is 4.92. The Morgan fingerprint density at radius 3 is 1.76 bits per heavy atom. The van der Waals surface area contributed by atoms with Gasteiger partial charge in [-0.05, 0) is 26.0 Å². The van der Waals surface area contributed by atoms with Crippen LogP contribution < -0.4 is 9.13 Å². The van der Waals surface area contributed by atoms with Crippen molar-refractivity contribution in [2.75, 3.05) is 0 Å². The van der Waals surface area contributed by atoms with Crippen LogP contribution in [-0.4, -0.2) is 0 Å². The zero-order valence-electron chi connectivity index (χ0n) is 10.4. The molecule has 2 aromatic heterocycles. The third-order valence-corrected chi connectivity index (χ3v) is 3.67. The standard InChI is InChI=1S/C15H18N2/c1-12-11-13(2)17-10-6-4-8-15(17)14-7-3-5-9-16(12)14/h3-10,12-13H,11H2,1-2H3/q+2. The van der Waals surface area contributed by atoms with Crippen LogP contribution >= 0.6 is 0 Å². The van der Waals surface area contributed by atoms with Crippen molar-refractivity contribution >= 4 is 0 Å². The number of hydrogen-bond donors (Lipinski definition) is 0. The zero-order valence-corrected chi connectivity index (χ0v) is 10.4. The molecule has 0 bridgehead atoms. The molecule has 2 aromatic rings. The summed E-state index contributed by atoms with van der Waals surface area (Å²) < 4.78 is 4.77. The summed E-state index contributed by atoms with van der Waals surface area (Å²) in [5.41, 5.74) is 2.62. The van der Waals surface area contributed by atoms with Crippen LogP contribution in [0.1, 0.15) is 32.4 Å². The first-order valence-corrected chi connectivity index (χ1v) is 6.28. The Morgan fingerprint density at radius 2 is 1.29 bits per heavy atom. The number of fused-ring (bicyclic) bond motifs is 3. The monoisotopic (exact) mass is 226 g/mol. The van der Waals surface area contributed by atoms with Crippen molar-refractivity contribution < 1.29 is 9.13 Å². The van der Waals surface area contributed by atoms with Gasteiger partial charge in [-0.25, -0.2) is 0 Å². The highest BCUT2D eigenvalue weighted by atomic mass is 15.1. The van der Waals surface area contributed by atoms with Crippen molar-refractivity contribution in [3.05, 3.63) is 48.8 Å². The fourth-order valence-corrected chi connectivity index (χ4v) is 2.84. The number of rotatable bonds is 0. The molecule has 0 aromatic carbocycles. The van der Waals surface area contributed by atoms with E-state index in [1.54, 1.807) is 0 Å². The van der Waals surface area contributed by atoms with E-state index in [1.165, 1.54) is 17.8 Å². The Kier molecular flexibility index (Phi) is 2.43. The minimum absolute atomic E-state index is 0.543. The van der Waals surface area contributed by atoms with Gasteiger partial charge in [-0.2, -0.15) is 9.13 Å². The van der Waals surface area contributed by atoms with Crippen LogP contribution in [-0.2, 0) is 0 Å². The fraction of sp³-hybridized carbons (Fsp3) is 0.333. The van der Waals surface area contributed by atoms with Crippen molar-refractivity contribution in [3.63, 3.8) is 0 Å². The molecule has 0 amide bonds. The molecule has 0 saturated heterocycles. The van der Waals surface area contributed by atoms with Gasteiger partial charge in [-0.3, -0.25) is 0 Å². The molecular weight excluding hydrogens is 208 g/mol. The maximum Gasteiger partial charge on any atom is 0.277 e. The number of nitrogens with zero attached hydrogens (tertiary/aromatic N) is 2. The van der Waals surface area contributed by atoms with E-state index in [1.807, 2.05) is 0 Å². The summed E-state index contributed by atoms with van der Waals surface area (Å²) in [6, 6.07) is 14.0. The van der Waals surface area contributed by atoms with Gasteiger partial charge in [0.2, 0.25) is 0 Å². The van der Waals surface area contributed by atoms with E-state index in [0.717, 1.165) is 0 Å². The van der Waals surface area contributed by atoms with E-state index in [9.17, 15) is 0 Å². The SMILES string of the molecule is CC1CC(C)[n+]2ccccc2-c2cccc[n+]21. The molecule has 1 aliphatic heterocycles. The number of hydrogen-bond acceptors (Lipinski definition) is 0. The van der Waals surface area contributed by atoms with Gasteiger partial charge in [0, 0.05) is 24.3 Å². The summed E-state index contributed by atoms with van der Waals surface area (Å²) in [7, 11) is 0. The molecular formula is C15H18N2+2. The molecule has 2 heteroatoms. The second-order valence-corrected chi connectivity index (χ2v) is 4.92. The predicted molar refractivity (Wildman–Crippen MR) is 66.3 cm³/mol. The van der Waals surface area contributed by atoms with Crippen LogP contribution in [0.15, 0.2) is 48.8 Å². The van der Waals surface area contributed by atoms with E-state index >= 15 is 0 Å². The van der Waals surface area contributed by atoms with Crippen LogP contribution in [0.25, 0.3) is 11.4 Å². The molecule has 3 rings (SSSR count).